The minimum Gasteiger partial charge on any atom is -0.493 e. The maximum atomic E-state index is 5.54. The lowest BCUT2D eigenvalue weighted by atomic mass is 9.92. The SMILES string of the molecule is COCCNC(C)C(C)c1ccc2c(c1)CCO2. The highest BCUT2D eigenvalue weighted by molar-refractivity contribution is 5.41. The second-order valence-electron chi connectivity index (χ2n) is 4.99. The summed E-state index contributed by atoms with van der Waals surface area (Å²) in [6.45, 7) is 6.98. The molecule has 18 heavy (non-hydrogen) atoms. The Bertz CT molecular complexity index is 392. The number of hydrogen-bond donors (Lipinski definition) is 1. The van der Waals surface area contributed by atoms with Gasteiger partial charge < -0.3 is 14.8 Å². The van der Waals surface area contributed by atoms with Crippen LogP contribution in [0.15, 0.2) is 18.2 Å². The van der Waals surface area contributed by atoms with Crippen LogP contribution >= 0.6 is 0 Å². The van der Waals surface area contributed by atoms with Crippen LogP contribution in [-0.4, -0.2) is 32.9 Å². The van der Waals surface area contributed by atoms with Gasteiger partial charge in [0.15, 0.2) is 0 Å². The Hall–Kier alpha value is -1.06. The van der Waals surface area contributed by atoms with Crippen LogP contribution in [0.25, 0.3) is 0 Å². The van der Waals surface area contributed by atoms with Crippen molar-refractivity contribution in [2.45, 2.75) is 32.2 Å². The van der Waals surface area contributed by atoms with Gasteiger partial charge in [0.1, 0.15) is 5.75 Å². The molecule has 1 N–H and O–H groups in total. The number of fused-ring (bicyclic) bond motifs is 1. The Balaban J connectivity index is 1.97. The van der Waals surface area contributed by atoms with Crippen LogP contribution in [0, 0.1) is 0 Å². The van der Waals surface area contributed by atoms with Gasteiger partial charge in [-0.2, -0.15) is 0 Å². The molecule has 0 saturated carbocycles. The largest absolute Gasteiger partial charge is 0.493 e. The summed E-state index contributed by atoms with van der Waals surface area (Å²) in [6.07, 6.45) is 1.04. The van der Waals surface area contributed by atoms with Gasteiger partial charge in [-0.3, -0.25) is 0 Å². The Labute approximate surface area is 109 Å². The molecule has 0 fully saturated rings. The molecule has 100 valence electrons. The first-order valence-electron chi connectivity index (χ1n) is 6.70. The molecule has 0 bridgehead atoms. The monoisotopic (exact) mass is 249 g/mol. The summed E-state index contributed by atoms with van der Waals surface area (Å²) in [5.74, 6) is 1.55. The van der Waals surface area contributed by atoms with E-state index in [0.717, 1.165) is 31.9 Å². The van der Waals surface area contributed by atoms with Gasteiger partial charge in [-0.05, 0) is 30.0 Å². The van der Waals surface area contributed by atoms with Crippen molar-refractivity contribution in [1.29, 1.82) is 0 Å². The van der Waals surface area contributed by atoms with Gasteiger partial charge in [0.2, 0.25) is 0 Å². The molecule has 1 aromatic rings. The number of ether oxygens (including phenoxy) is 2. The molecule has 3 heteroatoms. The molecular formula is C15H23NO2. The molecule has 0 saturated heterocycles. The normalized spacial score (nSPS) is 17.1. The highest BCUT2D eigenvalue weighted by Crippen LogP contribution is 2.29. The van der Waals surface area contributed by atoms with Gasteiger partial charge in [-0.15, -0.1) is 0 Å². The zero-order chi connectivity index (χ0) is 13.0. The van der Waals surface area contributed by atoms with Gasteiger partial charge in [-0.25, -0.2) is 0 Å². The predicted molar refractivity (Wildman–Crippen MR) is 73.4 cm³/mol. The van der Waals surface area contributed by atoms with Crippen LogP contribution < -0.4 is 10.1 Å². The first kappa shape index (κ1) is 13.4. The summed E-state index contributed by atoms with van der Waals surface area (Å²) >= 11 is 0. The molecule has 1 aliphatic heterocycles. The van der Waals surface area contributed by atoms with Crippen LogP contribution in [0.5, 0.6) is 5.75 Å². The van der Waals surface area contributed by atoms with E-state index in [-0.39, 0.29) is 0 Å². The number of hydrogen-bond acceptors (Lipinski definition) is 3. The lowest BCUT2D eigenvalue weighted by Crippen LogP contribution is -2.33. The number of rotatable bonds is 6. The van der Waals surface area contributed by atoms with Crippen molar-refractivity contribution in [3.63, 3.8) is 0 Å². The van der Waals surface area contributed by atoms with E-state index in [4.69, 9.17) is 9.47 Å². The fourth-order valence-electron chi connectivity index (χ4n) is 2.34. The minimum atomic E-state index is 0.445. The average Bonchev–Trinajstić information content (AvgIpc) is 2.85. The zero-order valence-electron chi connectivity index (χ0n) is 11.5. The van der Waals surface area contributed by atoms with Crippen LogP contribution in [0.2, 0.25) is 0 Å². The first-order valence-corrected chi connectivity index (χ1v) is 6.70. The number of benzene rings is 1. The molecule has 0 spiro atoms. The smallest absolute Gasteiger partial charge is 0.122 e. The van der Waals surface area contributed by atoms with Gasteiger partial charge in [0.05, 0.1) is 13.2 Å². The van der Waals surface area contributed by atoms with Crippen molar-refractivity contribution in [2.75, 3.05) is 26.9 Å². The van der Waals surface area contributed by atoms with Crippen LogP contribution in [0.4, 0.5) is 0 Å². The second-order valence-corrected chi connectivity index (χ2v) is 4.99. The Kier molecular flexibility index (Phi) is 4.61. The molecule has 1 aliphatic rings. The fourth-order valence-corrected chi connectivity index (χ4v) is 2.34. The third-order valence-corrected chi connectivity index (χ3v) is 3.76. The third-order valence-electron chi connectivity index (χ3n) is 3.76. The van der Waals surface area contributed by atoms with Gasteiger partial charge in [0, 0.05) is 26.1 Å². The predicted octanol–water partition coefficient (Wildman–Crippen LogP) is 2.35. The van der Waals surface area contributed by atoms with E-state index in [2.05, 4.69) is 37.4 Å². The van der Waals surface area contributed by atoms with Crippen LogP contribution in [0.3, 0.4) is 0 Å². The van der Waals surface area contributed by atoms with E-state index >= 15 is 0 Å². The summed E-state index contributed by atoms with van der Waals surface area (Å²) in [7, 11) is 1.73. The highest BCUT2D eigenvalue weighted by atomic mass is 16.5. The Morgan fingerprint density at radius 2 is 2.22 bits per heavy atom. The van der Waals surface area contributed by atoms with Crippen LogP contribution in [0.1, 0.15) is 30.9 Å². The molecule has 1 aromatic carbocycles. The minimum absolute atomic E-state index is 0.445. The molecule has 2 atom stereocenters. The van der Waals surface area contributed by atoms with E-state index in [1.54, 1.807) is 7.11 Å². The standard InChI is InChI=1S/C15H23NO2/c1-11(12(2)16-7-9-17-3)13-4-5-15-14(10-13)6-8-18-15/h4-5,10-12,16H,6-9H2,1-3H3. The molecule has 0 amide bonds. The van der Waals surface area contributed by atoms with Crippen molar-refractivity contribution < 1.29 is 9.47 Å². The molecular weight excluding hydrogens is 226 g/mol. The quantitative estimate of drug-likeness (QED) is 0.785. The summed E-state index contributed by atoms with van der Waals surface area (Å²) in [5, 5.41) is 3.49. The second kappa shape index (κ2) is 6.21. The molecule has 2 rings (SSSR count). The van der Waals surface area contributed by atoms with Crippen molar-refractivity contribution in [2.24, 2.45) is 0 Å². The van der Waals surface area contributed by atoms with Gasteiger partial charge in [0.25, 0.3) is 0 Å². The summed E-state index contributed by atoms with van der Waals surface area (Å²) in [6, 6.07) is 7.03. The molecule has 3 nitrogen and oxygen atoms in total. The molecule has 2 unspecified atom stereocenters. The third kappa shape index (κ3) is 3.03. The van der Waals surface area contributed by atoms with Crippen molar-refractivity contribution in [3.05, 3.63) is 29.3 Å². The maximum Gasteiger partial charge on any atom is 0.122 e. The van der Waals surface area contributed by atoms with Gasteiger partial charge >= 0.3 is 0 Å². The van der Waals surface area contributed by atoms with Gasteiger partial charge in [-0.1, -0.05) is 19.1 Å². The van der Waals surface area contributed by atoms with Crippen molar-refractivity contribution in [3.8, 4) is 5.75 Å². The van der Waals surface area contributed by atoms with Crippen LogP contribution in [-0.2, 0) is 11.2 Å². The Morgan fingerprint density at radius 3 is 3.00 bits per heavy atom. The number of methoxy groups -OCH3 is 1. The summed E-state index contributed by atoms with van der Waals surface area (Å²) in [5.41, 5.74) is 2.74. The van der Waals surface area contributed by atoms with E-state index in [9.17, 15) is 0 Å². The molecule has 0 aliphatic carbocycles. The summed E-state index contributed by atoms with van der Waals surface area (Å²) < 4.78 is 10.6. The van der Waals surface area contributed by atoms with E-state index < -0.39 is 0 Å². The lowest BCUT2D eigenvalue weighted by molar-refractivity contribution is 0.195. The fraction of sp³-hybridized carbons (Fsp3) is 0.600. The molecule has 0 radical (unpaired) electrons. The average molecular weight is 249 g/mol. The van der Waals surface area contributed by atoms with E-state index in [1.165, 1.54) is 11.1 Å². The molecule has 1 heterocycles. The Morgan fingerprint density at radius 1 is 1.39 bits per heavy atom. The van der Waals surface area contributed by atoms with E-state index in [1.807, 2.05) is 0 Å². The van der Waals surface area contributed by atoms with Crippen molar-refractivity contribution >= 4 is 0 Å². The topological polar surface area (TPSA) is 30.5 Å². The maximum absolute atomic E-state index is 5.54. The number of nitrogens with one attached hydrogen (secondary N) is 1. The zero-order valence-corrected chi connectivity index (χ0v) is 11.5. The lowest BCUT2D eigenvalue weighted by Gasteiger charge is -2.22. The highest BCUT2D eigenvalue weighted by Gasteiger charge is 2.17. The summed E-state index contributed by atoms with van der Waals surface area (Å²) in [4.78, 5) is 0. The first-order chi connectivity index (χ1) is 8.72. The van der Waals surface area contributed by atoms with E-state index in [0.29, 0.717) is 12.0 Å². The molecule has 0 aromatic heterocycles. The van der Waals surface area contributed by atoms with Crippen molar-refractivity contribution in [1.82, 2.24) is 5.32 Å².